The smallest absolute Gasteiger partial charge is 0.150 e. The van der Waals surface area contributed by atoms with Crippen LogP contribution in [0, 0.1) is 34.3 Å². The molecule has 2 heterocycles. The highest BCUT2D eigenvalue weighted by atomic mass is 19.1. The van der Waals surface area contributed by atoms with Crippen molar-refractivity contribution < 1.29 is 8.78 Å². The average molecular weight is 495 g/mol. The second-order valence-corrected chi connectivity index (χ2v) is 9.08. The summed E-state index contributed by atoms with van der Waals surface area (Å²) in [5.74, 6) is -1.29. The van der Waals surface area contributed by atoms with Gasteiger partial charge < -0.3 is 9.13 Å². The van der Waals surface area contributed by atoms with E-state index in [4.69, 9.17) is 0 Å². The van der Waals surface area contributed by atoms with E-state index >= 15 is 8.78 Å². The topological polar surface area (TPSA) is 57.4 Å². The molecule has 38 heavy (non-hydrogen) atoms. The number of rotatable bonds is 2. The molecule has 0 saturated carbocycles. The van der Waals surface area contributed by atoms with Crippen molar-refractivity contribution in [2.45, 2.75) is 0 Å². The molecule has 5 aromatic carbocycles. The fourth-order valence-electron chi connectivity index (χ4n) is 5.61. The Labute approximate surface area is 215 Å². The number of aromatic nitrogens is 2. The van der Waals surface area contributed by atoms with Gasteiger partial charge >= 0.3 is 0 Å². The van der Waals surface area contributed by atoms with Gasteiger partial charge in [0.1, 0.15) is 23.4 Å². The van der Waals surface area contributed by atoms with Crippen molar-refractivity contribution in [2.75, 3.05) is 0 Å². The lowest BCUT2D eigenvalue weighted by Crippen LogP contribution is -2.01. The number of benzene rings is 5. The molecule has 6 heteroatoms. The number of halogens is 2. The maximum atomic E-state index is 15.1. The zero-order chi connectivity index (χ0) is 26.0. The summed E-state index contributed by atoms with van der Waals surface area (Å²) in [6, 6.07) is 32.5. The van der Waals surface area contributed by atoms with E-state index in [1.165, 1.54) is 18.2 Å². The Morgan fingerprint density at radius 2 is 1.13 bits per heavy atom. The van der Waals surface area contributed by atoms with Crippen LogP contribution in [0.4, 0.5) is 8.78 Å². The molecule has 0 fully saturated rings. The van der Waals surface area contributed by atoms with Crippen LogP contribution in [0.5, 0.6) is 0 Å². The van der Waals surface area contributed by atoms with Gasteiger partial charge in [-0.2, -0.15) is 10.5 Å². The molecule has 0 aliphatic carbocycles. The molecule has 178 valence electrons. The normalized spacial score (nSPS) is 11.4. The van der Waals surface area contributed by atoms with Crippen molar-refractivity contribution in [1.82, 2.24) is 9.13 Å². The minimum absolute atomic E-state index is 0.124. The number of nitriles is 2. The molecule has 4 nitrogen and oxygen atoms in total. The summed E-state index contributed by atoms with van der Waals surface area (Å²) < 4.78 is 33.8. The van der Waals surface area contributed by atoms with Gasteiger partial charge in [0, 0.05) is 21.5 Å². The van der Waals surface area contributed by atoms with E-state index in [9.17, 15) is 10.5 Å². The third-order valence-corrected chi connectivity index (χ3v) is 7.12. The lowest BCUT2D eigenvalue weighted by atomic mass is 10.1. The number of para-hydroxylation sites is 3. The highest BCUT2D eigenvalue weighted by Crippen LogP contribution is 2.43. The molecule has 0 radical (unpaired) electrons. The summed E-state index contributed by atoms with van der Waals surface area (Å²) >= 11 is 0. The predicted octanol–water partition coefficient (Wildman–Crippen LogP) is 7.90. The molecule has 0 bridgehead atoms. The van der Waals surface area contributed by atoms with E-state index < -0.39 is 11.6 Å². The second-order valence-electron chi connectivity index (χ2n) is 9.08. The maximum absolute atomic E-state index is 15.1. The van der Waals surface area contributed by atoms with Gasteiger partial charge in [-0.05, 0) is 54.6 Å². The van der Waals surface area contributed by atoms with Crippen LogP contribution in [0.2, 0.25) is 0 Å². The fourth-order valence-corrected chi connectivity index (χ4v) is 5.61. The monoisotopic (exact) mass is 494 g/mol. The SMILES string of the molecule is N#Cc1ccc(-n2c3ccccc3c3c4c5ccccc5n(-c5c(F)cccc5F)c4ccc32)c(C#N)c1. The maximum Gasteiger partial charge on any atom is 0.150 e. The summed E-state index contributed by atoms with van der Waals surface area (Å²) in [4.78, 5) is 0. The highest BCUT2D eigenvalue weighted by Gasteiger charge is 2.23. The van der Waals surface area contributed by atoms with Crippen molar-refractivity contribution in [3.63, 3.8) is 0 Å². The zero-order valence-corrected chi connectivity index (χ0v) is 19.8. The van der Waals surface area contributed by atoms with E-state index in [2.05, 4.69) is 12.1 Å². The van der Waals surface area contributed by atoms with Crippen LogP contribution < -0.4 is 0 Å². The molecule has 7 aromatic rings. The Morgan fingerprint density at radius 1 is 0.553 bits per heavy atom. The molecule has 0 N–H and O–H groups in total. The first-order valence-electron chi connectivity index (χ1n) is 12.0. The third kappa shape index (κ3) is 2.86. The van der Waals surface area contributed by atoms with Crippen LogP contribution in [0.1, 0.15) is 11.1 Å². The quantitative estimate of drug-likeness (QED) is 0.245. The molecule has 0 saturated heterocycles. The van der Waals surface area contributed by atoms with Crippen molar-refractivity contribution in [3.8, 4) is 23.5 Å². The molecular formula is C32H16F2N4. The van der Waals surface area contributed by atoms with Crippen molar-refractivity contribution >= 4 is 43.6 Å². The van der Waals surface area contributed by atoms with Gasteiger partial charge in [0.05, 0.1) is 45.0 Å². The molecule has 0 aliphatic heterocycles. The van der Waals surface area contributed by atoms with Gasteiger partial charge in [0.15, 0.2) is 0 Å². The minimum atomic E-state index is -0.647. The Hall–Kier alpha value is -5.46. The van der Waals surface area contributed by atoms with E-state index in [1.807, 2.05) is 65.2 Å². The number of hydrogen-bond donors (Lipinski definition) is 0. The summed E-state index contributed by atoms with van der Waals surface area (Å²) in [6.45, 7) is 0. The van der Waals surface area contributed by atoms with E-state index in [0.29, 0.717) is 27.8 Å². The van der Waals surface area contributed by atoms with Gasteiger partial charge in [0.2, 0.25) is 0 Å². The Morgan fingerprint density at radius 3 is 1.74 bits per heavy atom. The van der Waals surface area contributed by atoms with E-state index in [0.717, 1.165) is 32.6 Å². The van der Waals surface area contributed by atoms with Crippen LogP contribution in [0.15, 0.2) is 97.1 Å². The Kier molecular flexibility index (Phi) is 4.60. The fraction of sp³-hybridized carbons (Fsp3) is 0. The van der Waals surface area contributed by atoms with Crippen LogP contribution in [0.25, 0.3) is 55.0 Å². The largest absolute Gasteiger partial charge is 0.308 e. The van der Waals surface area contributed by atoms with E-state index in [-0.39, 0.29) is 5.69 Å². The summed E-state index contributed by atoms with van der Waals surface area (Å²) in [6.07, 6.45) is 0. The first-order valence-corrected chi connectivity index (χ1v) is 12.0. The van der Waals surface area contributed by atoms with Crippen molar-refractivity contribution in [3.05, 3.63) is 120 Å². The van der Waals surface area contributed by atoms with E-state index in [1.54, 1.807) is 22.8 Å². The molecule has 0 spiro atoms. The molecule has 0 amide bonds. The lowest BCUT2D eigenvalue weighted by Gasteiger charge is -2.11. The van der Waals surface area contributed by atoms with Gasteiger partial charge in [-0.25, -0.2) is 8.78 Å². The molecule has 0 aliphatic rings. The van der Waals surface area contributed by atoms with Crippen LogP contribution in [0.3, 0.4) is 0 Å². The summed E-state index contributed by atoms with van der Waals surface area (Å²) in [7, 11) is 0. The molecule has 2 aromatic heterocycles. The van der Waals surface area contributed by atoms with Gasteiger partial charge in [-0.3, -0.25) is 0 Å². The van der Waals surface area contributed by atoms with Crippen LogP contribution in [-0.2, 0) is 0 Å². The summed E-state index contributed by atoms with van der Waals surface area (Å²) in [5.41, 5.74) is 4.40. The number of nitrogens with zero attached hydrogens (tertiary/aromatic N) is 4. The summed E-state index contributed by atoms with van der Waals surface area (Å²) in [5, 5.41) is 22.9. The van der Waals surface area contributed by atoms with Gasteiger partial charge in [0.25, 0.3) is 0 Å². The average Bonchev–Trinajstić information content (AvgIpc) is 3.45. The number of hydrogen-bond acceptors (Lipinski definition) is 2. The predicted molar refractivity (Wildman–Crippen MR) is 144 cm³/mol. The molecule has 7 rings (SSSR count). The first kappa shape index (κ1) is 21.8. The van der Waals surface area contributed by atoms with Crippen molar-refractivity contribution in [1.29, 1.82) is 10.5 Å². The van der Waals surface area contributed by atoms with Gasteiger partial charge in [-0.15, -0.1) is 0 Å². The van der Waals surface area contributed by atoms with Crippen LogP contribution in [-0.4, -0.2) is 9.13 Å². The standard InChI is InChI=1S/C32H16F2N4/c33-23-8-5-9-24(34)32(23)38-27-11-4-2-7-22(27)31-29(38)15-14-28-30(31)21-6-1-3-10-26(21)37(28)25-13-12-19(17-35)16-20(25)18-36/h1-16H. The highest BCUT2D eigenvalue weighted by molar-refractivity contribution is 6.28. The molecule has 0 unspecified atom stereocenters. The second kappa shape index (κ2) is 8.03. The number of fused-ring (bicyclic) bond motifs is 7. The Balaban J connectivity index is 1.71. The molecule has 0 atom stereocenters. The third-order valence-electron chi connectivity index (χ3n) is 7.12. The lowest BCUT2D eigenvalue weighted by molar-refractivity contribution is 0.573. The minimum Gasteiger partial charge on any atom is -0.308 e. The Bertz CT molecular complexity index is 2170. The first-order chi connectivity index (χ1) is 18.6. The van der Waals surface area contributed by atoms with Crippen LogP contribution >= 0.6 is 0 Å². The zero-order valence-electron chi connectivity index (χ0n) is 19.8. The molecular weight excluding hydrogens is 478 g/mol. The van der Waals surface area contributed by atoms with Crippen molar-refractivity contribution in [2.24, 2.45) is 0 Å². The van der Waals surface area contributed by atoms with Gasteiger partial charge in [-0.1, -0.05) is 42.5 Å².